The Labute approximate surface area is 138 Å². The van der Waals surface area contributed by atoms with Gasteiger partial charge in [-0.1, -0.05) is 12.1 Å². The van der Waals surface area contributed by atoms with Crippen LogP contribution < -0.4 is 10.2 Å². The second-order valence-electron chi connectivity index (χ2n) is 7.04. The lowest BCUT2D eigenvalue weighted by Crippen LogP contribution is -2.41. The molecular weight excluding hydrogens is 295 g/mol. The molecule has 1 aromatic rings. The fourth-order valence-corrected chi connectivity index (χ4v) is 2.55. The van der Waals surface area contributed by atoms with Crippen molar-refractivity contribution in [1.82, 2.24) is 0 Å². The third-order valence-corrected chi connectivity index (χ3v) is 4.70. The van der Waals surface area contributed by atoms with Crippen LogP contribution >= 0.6 is 0 Å². The van der Waals surface area contributed by atoms with Crippen molar-refractivity contribution in [2.24, 2.45) is 0 Å². The van der Waals surface area contributed by atoms with E-state index < -0.39 is 0 Å². The molecule has 126 valence electrons. The van der Waals surface area contributed by atoms with Gasteiger partial charge in [-0.2, -0.15) is 0 Å². The van der Waals surface area contributed by atoms with Gasteiger partial charge in [0.25, 0.3) is 0 Å². The van der Waals surface area contributed by atoms with Crippen LogP contribution in [0.1, 0.15) is 27.7 Å². The van der Waals surface area contributed by atoms with Crippen molar-refractivity contribution < 1.29 is 23.5 Å². The standard InChI is InChI=1S/C17H25BO5/c1-16(2)17(3,4)23-18(22-16)13-6-5-7-14(10-13)21-12-15-11-19-8-9-20-15/h5-7,10,15H,8-9,11-12H2,1-4H3/t15-/m0/s1. The number of ether oxygens (including phenoxy) is 3. The molecule has 0 aliphatic carbocycles. The average Bonchev–Trinajstić information content (AvgIpc) is 2.75. The molecule has 0 N–H and O–H groups in total. The Balaban J connectivity index is 1.63. The normalized spacial score (nSPS) is 26.3. The van der Waals surface area contributed by atoms with Crippen LogP contribution in [-0.2, 0) is 18.8 Å². The minimum Gasteiger partial charge on any atom is -0.491 e. The van der Waals surface area contributed by atoms with Crippen molar-refractivity contribution >= 4 is 12.6 Å². The van der Waals surface area contributed by atoms with Crippen molar-refractivity contribution in [3.8, 4) is 5.75 Å². The smallest absolute Gasteiger partial charge is 0.491 e. The van der Waals surface area contributed by atoms with Gasteiger partial charge < -0.3 is 23.5 Å². The molecule has 0 amide bonds. The molecule has 23 heavy (non-hydrogen) atoms. The summed E-state index contributed by atoms with van der Waals surface area (Å²) in [5, 5.41) is 0. The van der Waals surface area contributed by atoms with Crippen molar-refractivity contribution in [3.63, 3.8) is 0 Å². The maximum Gasteiger partial charge on any atom is 0.494 e. The average molecular weight is 320 g/mol. The first kappa shape index (κ1) is 16.8. The van der Waals surface area contributed by atoms with E-state index in [1.54, 1.807) is 0 Å². The summed E-state index contributed by atoms with van der Waals surface area (Å²) in [4.78, 5) is 0. The van der Waals surface area contributed by atoms with E-state index in [9.17, 15) is 0 Å². The maximum atomic E-state index is 6.08. The van der Waals surface area contributed by atoms with Gasteiger partial charge in [-0.25, -0.2) is 0 Å². The third-order valence-electron chi connectivity index (χ3n) is 4.70. The molecule has 0 aromatic heterocycles. The zero-order valence-corrected chi connectivity index (χ0v) is 14.3. The van der Waals surface area contributed by atoms with E-state index >= 15 is 0 Å². The lowest BCUT2D eigenvalue weighted by molar-refractivity contribution is -0.101. The predicted octanol–water partition coefficient (Wildman–Crippen LogP) is 1.78. The fourth-order valence-electron chi connectivity index (χ4n) is 2.55. The van der Waals surface area contributed by atoms with Gasteiger partial charge in [0.15, 0.2) is 0 Å². The molecule has 0 saturated carbocycles. The predicted molar refractivity (Wildman–Crippen MR) is 88.2 cm³/mol. The van der Waals surface area contributed by atoms with Crippen molar-refractivity contribution in [2.75, 3.05) is 26.4 Å². The summed E-state index contributed by atoms with van der Waals surface area (Å²) in [5.74, 6) is 0.784. The number of hydrogen-bond acceptors (Lipinski definition) is 5. The zero-order chi connectivity index (χ0) is 16.5. The number of hydrogen-bond donors (Lipinski definition) is 0. The fraction of sp³-hybridized carbons (Fsp3) is 0.647. The van der Waals surface area contributed by atoms with Gasteiger partial charge in [0.1, 0.15) is 18.5 Å². The van der Waals surface area contributed by atoms with E-state index in [0.717, 1.165) is 11.2 Å². The van der Waals surface area contributed by atoms with E-state index in [1.165, 1.54) is 0 Å². The van der Waals surface area contributed by atoms with Crippen LogP contribution in [0.25, 0.3) is 0 Å². The first-order valence-corrected chi connectivity index (χ1v) is 8.15. The van der Waals surface area contributed by atoms with Crippen LogP contribution in [0.2, 0.25) is 0 Å². The van der Waals surface area contributed by atoms with E-state index in [4.69, 9.17) is 23.5 Å². The molecule has 2 saturated heterocycles. The molecule has 3 rings (SSSR count). The Morgan fingerprint density at radius 1 is 1.13 bits per heavy atom. The minimum absolute atomic E-state index is 0.00995. The zero-order valence-electron chi connectivity index (χ0n) is 14.3. The molecule has 2 heterocycles. The van der Waals surface area contributed by atoms with Crippen molar-refractivity contribution in [3.05, 3.63) is 24.3 Å². The molecule has 0 unspecified atom stereocenters. The van der Waals surface area contributed by atoms with Crippen LogP contribution in [0.3, 0.4) is 0 Å². The number of benzene rings is 1. The van der Waals surface area contributed by atoms with E-state index in [2.05, 4.69) is 0 Å². The van der Waals surface area contributed by atoms with E-state index in [1.807, 2.05) is 52.0 Å². The first-order valence-electron chi connectivity index (χ1n) is 8.15. The van der Waals surface area contributed by atoms with Gasteiger partial charge in [0, 0.05) is 0 Å². The highest BCUT2D eigenvalue weighted by molar-refractivity contribution is 6.62. The quantitative estimate of drug-likeness (QED) is 0.792. The van der Waals surface area contributed by atoms with Gasteiger partial charge in [-0.05, 0) is 45.3 Å². The van der Waals surface area contributed by atoms with Crippen molar-refractivity contribution in [1.29, 1.82) is 0 Å². The van der Waals surface area contributed by atoms with Crippen LogP contribution in [0, 0.1) is 0 Å². The third kappa shape index (κ3) is 3.71. The number of rotatable bonds is 4. The Kier molecular flexibility index (Phi) is 4.69. The van der Waals surface area contributed by atoms with Gasteiger partial charge in [0.05, 0.1) is 31.0 Å². The maximum absolute atomic E-state index is 6.08. The largest absolute Gasteiger partial charge is 0.494 e. The van der Waals surface area contributed by atoms with Gasteiger partial charge in [-0.15, -0.1) is 0 Å². The Bertz CT molecular complexity index is 524. The van der Waals surface area contributed by atoms with Gasteiger partial charge >= 0.3 is 7.12 Å². The Hall–Kier alpha value is -1.08. The molecule has 0 spiro atoms. The molecule has 5 nitrogen and oxygen atoms in total. The summed E-state index contributed by atoms with van der Waals surface area (Å²) in [7, 11) is -0.377. The summed E-state index contributed by atoms with van der Waals surface area (Å²) in [6, 6.07) is 7.84. The van der Waals surface area contributed by atoms with Crippen LogP contribution in [0.4, 0.5) is 0 Å². The molecule has 2 aliphatic heterocycles. The lowest BCUT2D eigenvalue weighted by atomic mass is 9.79. The topological polar surface area (TPSA) is 46.2 Å². The Morgan fingerprint density at radius 2 is 1.87 bits per heavy atom. The molecule has 1 aromatic carbocycles. The van der Waals surface area contributed by atoms with E-state index in [-0.39, 0.29) is 24.4 Å². The second-order valence-corrected chi connectivity index (χ2v) is 7.04. The summed E-state index contributed by atoms with van der Waals surface area (Å²) < 4.78 is 28.9. The molecule has 2 fully saturated rings. The summed E-state index contributed by atoms with van der Waals surface area (Å²) in [5.41, 5.74) is 0.269. The van der Waals surface area contributed by atoms with E-state index in [0.29, 0.717) is 26.4 Å². The summed E-state index contributed by atoms with van der Waals surface area (Å²) >= 11 is 0. The summed E-state index contributed by atoms with van der Waals surface area (Å²) in [6.07, 6.45) is -0.00995. The molecular formula is C17H25BO5. The molecule has 0 radical (unpaired) electrons. The first-order chi connectivity index (χ1) is 10.9. The highest BCUT2D eigenvalue weighted by Gasteiger charge is 2.51. The lowest BCUT2D eigenvalue weighted by Gasteiger charge is -2.32. The molecule has 0 bridgehead atoms. The van der Waals surface area contributed by atoms with Crippen molar-refractivity contribution in [2.45, 2.75) is 45.0 Å². The molecule has 2 aliphatic rings. The van der Waals surface area contributed by atoms with Crippen LogP contribution in [0.15, 0.2) is 24.3 Å². The highest BCUT2D eigenvalue weighted by atomic mass is 16.7. The SMILES string of the molecule is CC1(C)OB(c2cccc(OC[C@@H]3COCCO3)c2)OC1(C)C. The summed E-state index contributed by atoms with van der Waals surface area (Å²) in [6.45, 7) is 10.5. The van der Waals surface area contributed by atoms with Crippen LogP contribution in [-0.4, -0.2) is 50.9 Å². The molecule has 1 atom stereocenters. The monoisotopic (exact) mass is 320 g/mol. The van der Waals surface area contributed by atoms with Gasteiger partial charge in [-0.3, -0.25) is 0 Å². The second kappa shape index (κ2) is 6.44. The highest BCUT2D eigenvalue weighted by Crippen LogP contribution is 2.36. The van der Waals surface area contributed by atoms with Crippen LogP contribution in [0.5, 0.6) is 5.75 Å². The van der Waals surface area contributed by atoms with Gasteiger partial charge in [0.2, 0.25) is 0 Å². The molecule has 6 heteroatoms. The Morgan fingerprint density at radius 3 is 2.52 bits per heavy atom. The minimum atomic E-state index is -0.377.